The Morgan fingerprint density at radius 3 is 2.36 bits per heavy atom. The number of alkyl halides is 3. The molecule has 11 heteroatoms. The Bertz CT molecular complexity index is 902. The van der Waals surface area contributed by atoms with E-state index in [4.69, 9.17) is 0 Å². The van der Waals surface area contributed by atoms with Crippen LogP contribution in [0.1, 0.15) is 30.9 Å². The summed E-state index contributed by atoms with van der Waals surface area (Å²) in [7, 11) is 0. The highest BCUT2D eigenvalue weighted by Crippen LogP contribution is 2.29. The van der Waals surface area contributed by atoms with Crippen molar-refractivity contribution in [2.75, 3.05) is 44.2 Å². The zero-order valence-corrected chi connectivity index (χ0v) is 18.3. The molecule has 2 aliphatic rings. The predicted octanol–water partition coefficient (Wildman–Crippen LogP) is 3.06. The van der Waals surface area contributed by atoms with Gasteiger partial charge in [0, 0.05) is 51.5 Å². The van der Waals surface area contributed by atoms with E-state index < -0.39 is 24.3 Å². The fourth-order valence-electron chi connectivity index (χ4n) is 4.05. The van der Waals surface area contributed by atoms with Gasteiger partial charge in [-0.15, -0.1) is 0 Å². The number of aliphatic carboxylic acids is 1. The van der Waals surface area contributed by atoms with Crippen molar-refractivity contribution in [2.45, 2.75) is 38.6 Å². The van der Waals surface area contributed by atoms with E-state index in [9.17, 15) is 33.1 Å². The molecule has 3 rings (SSSR count). The zero-order valence-electron chi connectivity index (χ0n) is 18.3. The van der Waals surface area contributed by atoms with Crippen LogP contribution in [0.5, 0.6) is 0 Å². The molecule has 180 valence electrons. The number of rotatable bonds is 5. The van der Waals surface area contributed by atoms with Crippen molar-refractivity contribution in [2.24, 2.45) is 5.92 Å². The third kappa shape index (κ3) is 6.28. The first-order valence-electron chi connectivity index (χ1n) is 10.8. The standard InChI is InChI=1S/C22H27F3N4O4/c1-15(22(23,24)25)33-21(32)29-10-8-27(9-11-29)14-18-3-2-16(13-26)12-19(18)28-6-4-17(5-7-28)20(30)31/h2-3,12,15,17H,4-11,14H2,1H3,(H,30,31). The highest BCUT2D eigenvalue weighted by atomic mass is 19.4. The number of hydrogen-bond acceptors (Lipinski definition) is 6. The number of hydrogen-bond donors (Lipinski definition) is 1. The van der Waals surface area contributed by atoms with Crippen LogP contribution in [0.4, 0.5) is 23.7 Å². The van der Waals surface area contributed by atoms with Gasteiger partial charge in [-0.1, -0.05) is 6.07 Å². The van der Waals surface area contributed by atoms with E-state index >= 15 is 0 Å². The minimum Gasteiger partial charge on any atom is -0.481 e. The zero-order chi connectivity index (χ0) is 24.2. The summed E-state index contributed by atoms with van der Waals surface area (Å²) in [4.78, 5) is 28.7. The van der Waals surface area contributed by atoms with E-state index in [-0.39, 0.29) is 19.0 Å². The summed E-state index contributed by atoms with van der Waals surface area (Å²) in [5, 5.41) is 18.5. The predicted molar refractivity (Wildman–Crippen MR) is 113 cm³/mol. The third-order valence-corrected chi connectivity index (χ3v) is 6.16. The molecule has 0 aromatic heterocycles. The van der Waals surface area contributed by atoms with E-state index in [0.717, 1.165) is 18.2 Å². The lowest BCUT2D eigenvalue weighted by atomic mass is 9.95. The number of carboxylic acid groups (broad SMARTS) is 1. The number of carbonyl (C=O) groups excluding carboxylic acids is 1. The molecule has 2 aliphatic heterocycles. The van der Waals surface area contributed by atoms with Gasteiger partial charge in [-0.3, -0.25) is 9.69 Å². The van der Waals surface area contributed by atoms with Crippen molar-refractivity contribution in [3.63, 3.8) is 0 Å². The van der Waals surface area contributed by atoms with Gasteiger partial charge in [-0.2, -0.15) is 18.4 Å². The molecule has 1 N–H and O–H groups in total. The van der Waals surface area contributed by atoms with Gasteiger partial charge in [0.1, 0.15) is 0 Å². The number of amides is 1. The average molecular weight is 468 g/mol. The number of nitrogens with zero attached hydrogens (tertiary/aromatic N) is 4. The Morgan fingerprint density at radius 2 is 1.82 bits per heavy atom. The van der Waals surface area contributed by atoms with Crippen LogP contribution in [-0.4, -0.2) is 78.5 Å². The second-order valence-corrected chi connectivity index (χ2v) is 8.39. The first kappa shape index (κ1) is 24.6. The quantitative estimate of drug-likeness (QED) is 0.709. The molecule has 8 nitrogen and oxygen atoms in total. The Morgan fingerprint density at radius 1 is 1.18 bits per heavy atom. The van der Waals surface area contributed by atoms with E-state index in [1.165, 1.54) is 4.90 Å². The SMILES string of the molecule is CC(OC(=O)N1CCN(Cc2ccc(C#N)cc2N2CCC(C(=O)O)CC2)CC1)C(F)(F)F. The fraction of sp³-hybridized carbons (Fsp3) is 0.591. The minimum atomic E-state index is -4.59. The largest absolute Gasteiger partial charge is 0.481 e. The summed E-state index contributed by atoms with van der Waals surface area (Å²) in [6, 6.07) is 7.55. The summed E-state index contributed by atoms with van der Waals surface area (Å²) in [5.41, 5.74) is 2.38. The summed E-state index contributed by atoms with van der Waals surface area (Å²) in [6.07, 6.45) is -6.66. The summed E-state index contributed by atoms with van der Waals surface area (Å²) in [6.45, 7) is 3.94. The fourth-order valence-corrected chi connectivity index (χ4v) is 4.05. The van der Waals surface area contributed by atoms with Gasteiger partial charge in [0.15, 0.2) is 6.10 Å². The van der Waals surface area contributed by atoms with Gasteiger partial charge in [0.25, 0.3) is 0 Å². The molecule has 2 saturated heterocycles. The molecular weight excluding hydrogens is 441 g/mol. The van der Waals surface area contributed by atoms with Crippen LogP contribution in [0.15, 0.2) is 18.2 Å². The molecule has 1 atom stereocenters. The third-order valence-electron chi connectivity index (χ3n) is 6.16. The van der Waals surface area contributed by atoms with Crippen molar-refractivity contribution in [3.8, 4) is 6.07 Å². The molecule has 33 heavy (non-hydrogen) atoms. The van der Waals surface area contributed by atoms with Crippen LogP contribution in [-0.2, 0) is 16.1 Å². The van der Waals surface area contributed by atoms with Crippen molar-refractivity contribution >= 4 is 17.7 Å². The highest BCUT2D eigenvalue weighted by Gasteiger charge is 2.40. The average Bonchev–Trinajstić information content (AvgIpc) is 2.79. The topological polar surface area (TPSA) is 97.1 Å². The maximum Gasteiger partial charge on any atom is 0.425 e. The molecular formula is C22H27F3N4O4. The first-order chi connectivity index (χ1) is 15.6. The molecule has 0 spiro atoms. The van der Waals surface area contributed by atoms with Crippen LogP contribution in [0, 0.1) is 17.2 Å². The molecule has 0 radical (unpaired) electrons. The van der Waals surface area contributed by atoms with Crippen molar-refractivity contribution < 1.29 is 32.6 Å². The Hall–Kier alpha value is -3.00. The van der Waals surface area contributed by atoms with Crippen molar-refractivity contribution in [3.05, 3.63) is 29.3 Å². The monoisotopic (exact) mass is 468 g/mol. The van der Waals surface area contributed by atoms with Gasteiger partial charge in [-0.05, 0) is 37.5 Å². The normalized spacial score (nSPS) is 19.1. The van der Waals surface area contributed by atoms with E-state index in [0.29, 0.717) is 51.1 Å². The lowest BCUT2D eigenvalue weighted by molar-refractivity contribution is -0.200. The van der Waals surface area contributed by atoms with E-state index in [2.05, 4.69) is 20.6 Å². The summed E-state index contributed by atoms with van der Waals surface area (Å²) < 4.78 is 42.4. The Balaban J connectivity index is 1.61. The maximum atomic E-state index is 12.6. The highest BCUT2D eigenvalue weighted by molar-refractivity contribution is 5.70. The van der Waals surface area contributed by atoms with Gasteiger partial charge in [-0.25, -0.2) is 4.79 Å². The van der Waals surface area contributed by atoms with Crippen LogP contribution in [0.25, 0.3) is 0 Å². The molecule has 1 aromatic rings. The van der Waals surface area contributed by atoms with Crippen LogP contribution < -0.4 is 4.90 Å². The number of nitriles is 1. The van der Waals surface area contributed by atoms with Gasteiger partial charge in [0.05, 0.1) is 17.6 Å². The molecule has 2 fully saturated rings. The summed E-state index contributed by atoms with van der Waals surface area (Å²) in [5.74, 6) is -1.15. The van der Waals surface area contributed by atoms with E-state index in [1.54, 1.807) is 6.07 Å². The molecule has 1 unspecified atom stereocenters. The Labute approximate surface area is 190 Å². The number of carboxylic acids is 1. The van der Waals surface area contributed by atoms with E-state index in [1.807, 2.05) is 12.1 Å². The molecule has 1 amide bonds. The van der Waals surface area contributed by atoms with Gasteiger partial charge < -0.3 is 19.6 Å². The number of halogens is 3. The van der Waals surface area contributed by atoms with Crippen molar-refractivity contribution in [1.29, 1.82) is 5.26 Å². The number of benzene rings is 1. The van der Waals surface area contributed by atoms with Crippen LogP contribution >= 0.6 is 0 Å². The first-order valence-corrected chi connectivity index (χ1v) is 10.8. The second kappa shape index (κ2) is 10.3. The van der Waals surface area contributed by atoms with Crippen LogP contribution in [0.2, 0.25) is 0 Å². The summed E-state index contributed by atoms with van der Waals surface area (Å²) >= 11 is 0. The molecule has 1 aromatic carbocycles. The number of carbonyl (C=O) groups is 2. The number of ether oxygens (including phenoxy) is 1. The molecule has 2 heterocycles. The smallest absolute Gasteiger partial charge is 0.425 e. The minimum absolute atomic E-state index is 0.249. The molecule has 0 aliphatic carbocycles. The van der Waals surface area contributed by atoms with Gasteiger partial charge in [0.2, 0.25) is 0 Å². The number of piperidine rings is 1. The van der Waals surface area contributed by atoms with Gasteiger partial charge >= 0.3 is 18.2 Å². The van der Waals surface area contributed by atoms with Crippen molar-refractivity contribution in [1.82, 2.24) is 9.80 Å². The lowest BCUT2D eigenvalue weighted by Crippen LogP contribution is -2.49. The number of piperazine rings is 1. The maximum absolute atomic E-state index is 12.6. The lowest BCUT2D eigenvalue weighted by Gasteiger charge is -2.37. The molecule has 0 bridgehead atoms. The molecule has 0 saturated carbocycles. The number of anilines is 1. The van der Waals surface area contributed by atoms with Crippen LogP contribution in [0.3, 0.4) is 0 Å². The Kier molecular flexibility index (Phi) is 7.68. The second-order valence-electron chi connectivity index (χ2n) is 8.39.